The third kappa shape index (κ3) is 2.53. The van der Waals surface area contributed by atoms with E-state index in [1.807, 2.05) is 13.0 Å². The molecule has 4 heteroatoms. The Hall–Kier alpha value is -2.20. The second-order valence-electron chi connectivity index (χ2n) is 6.39. The maximum absolute atomic E-state index is 4.80. The van der Waals surface area contributed by atoms with Gasteiger partial charge in [-0.3, -0.25) is 0 Å². The molecule has 1 saturated heterocycles. The first kappa shape index (κ1) is 14.4. The van der Waals surface area contributed by atoms with Gasteiger partial charge in [0.15, 0.2) is 0 Å². The molecule has 1 aromatic carbocycles. The number of benzene rings is 1. The molecule has 0 radical (unpaired) electrons. The van der Waals surface area contributed by atoms with E-state index in [0.717, 1.165) is 48.5 Å². The lowest BCUT2D eigenvalue weighted by Gasteiger charge is -2.22. The first-order valence-electron chi connectivity index (χ1n) is 8.37. The fourth-order valence-corrected chi connectivity index (χ4v) is 3.61. The normalized spacial score (nSPS) is 16.1. The quantitative estimate of drug-likeness (QED) is 0.759. The monoisotopic (exact) mass is 306 g/mol. The van der Waals surface area contributed by atoms with Gasteiger partial charge in [-0.1, -0.05) is 30.3 Å². The van der Waals surface area contributed by atoms with Crippen LogP contribution in [-0.4, -0.2) is 28.0 Å². The molecule has 23 heavy (non-hydrogen) atoms. The molecule has 3 heterocycles. The molecular weight excluding hydrogens is 284 g/mol. The first-order valence-corrected chi connectivity index (χ1v) is 8.37. The fourth-order valence-electron chi connectivity index (χ4n) is 3.61. The van der Waals surface area contributed by atoms with Crippen molar-refractivity contribution in [2.45, 2.75) is 32.6 Å². The summed E-state index contributed by atoms with van der Waals surface area (Å²) in [5, 5.41) is 3.44. The number of aryl methyl sites for hydroxylation is 2. The molecule has 2 aromatic heterocycles. The average Bonchev–Trinajstić information content (AvgIpc) is 2.93. The van der Waals surface area contributed by atoms with Crippen LogP contribution < -0.4 is 5.32 Å². The van der Waals surface area contributed by atoms with Crippen molar-refractivity contribution in [3.05, 3.63) is 47.4 Å². The number of rotatable bonds is 2. The van der Waals surface area contributed by atoms with Crippen LogP contribution in [0.1, 0.15) is 35.8 Å². The van der Waals surface area contributed by atoms with Crippen molar-refractivity contribution in [2.24, 2.45) is 0 Å². The van der Waals surface area contributed by atoms with E-state index in [0.29, 0.717) is 5.92 Å². The number of nitrogens with one attached hydrogen (secondary N) is 2. The van der Waals surface area contributed by atoms with Gasteiger partial charge in [-0.15, -0.1) is 0 Å². The molecule has 4 nitrogen and oxygen atoms in total. The molecule has 0 spiro atoms. The number of aromatic amines is 1. The zero-order valence-corrected chi connectivity index (χ0v) is 13.7. The van der Waals surface area contributed by atoms with Crippen LogP contribution in [-0.2, 0) is 0 Å². The Morgan fingerprint density at radius 3 is 2.48 bits per heavy atom. The van der Waals surface area contributed by atoms with Gasteiger partial charge >= 0.3 is 0 Å². The lowest BCUT2D eigenvalue weighted by Crippen LogP contribution is -2.27. The molecule has 118 valence electrons. The zero-order valence-electron chi connectivity index (χ0n) is 13.7. The first-order chi connectivity index (χ1) is 11.2. The van der Waals surface area contributed by atoms with Crippen LogP contribution in [0.5, 0.6) is 0 Å². The Morgan fingerprint density at radius 1 is 1.00 bits per heavy atom. The lowest BCUT2D eigenvalue weighted by atomic mass is 9.93. The van der Waals surface area contributed by atoms with Gasteiger partial charge in [0.1, 0.15) is 5.82 Å². The molecular formula is C19H22N4. The van der Waals surface area contributed by atoms with Crippen molar-refractivity contribution in [1.82, 2.24) is 20.3 Å². The third-order valence-corrected chi connectivity index (χ3v) is 4.82. The summed E-state index contributed by atoms with van der Waals surface area (Å²) >= 11 is 0. The number of hydrogen-bond donors (Lipinski definition) is 2. The highest BCUT2D eigenvalue weighted by Gasteiger charge is 2.23. The van der Waals surface area contributed by atoms with Crippen LogP contribution in [0.2, 0.25) is 0 Å². The predicted molar refractivity (Wildman–Crippen MR) is 93.6 cm³/mol. The SMILES string of the molecule is Cc1nc(C2CCNCC2)c2[nH]c(-c3ccccc3)c(C)c2n1. The van der Waals surface area contributed by atoms with Crippen LogP contribution in [0.4, 0.5) is 0 Å². The van der Waals surface area contributed by atoms with E-state index < -0.39 is 0 Å². The fraction of sp³-hybridized carbons (Fsp3) is 0.368. The van der Waals surface area contributed by atoms with Crippen molar-refractivity contribution < 1.29 is 0 Å². The Kier molecular flexibility index (Phi) is 3.62. The van der Waals surface area contributed by atoms with Crippen LogP contribution >= 0.6 is 0 Å². The maximum Gasteiger partial charge on any atom is 0.126 e. The number of aromatic nitrogens is 3. The second kappa shape index (κ2) is 5.78. The Morgan fingerprint density at radius 2 is 1.74 bits per heavy atom. The maximum atomic E-state index is 4.80. The Balaban J connectivity index is 1.91. The lowest BCUT2D eigenvalue weighted by molar-refractivity contribution is 0.454. The van der Waals surface area contributed by atoms with Gasteiger partial charge in [-0.05, 0) is 45.3 Å². The van der Waals surface area contributed by atoms with Gasteiger partial charge in [-0.2, -0.15) is 0 Å². The van der Waals surface area contributed by atoms with Gasteiger partial charge in [-0.25, -0.2) is 9.97 Å². The molecule has 0 saturated carbocycles. The highest BCUT2D eigenvalue weighted by atomic mass is 14.9. The van der Waals surface area contributed by atoms with Gasteiger partial charge in [0.05, 0.1) is 22.4 Å². The minimum Gasteiger partial charge on any atom is -0.351 e. The van der Waals surface area contributed by atoms with Crippen molar-refractivity contribution in [2.75, 3.05) is 13.1 Å². The highest BCUT2D eigenvalue weighted by Crippen LogP contribution is 2.34. The molecule has 0 amide bonds. The minimum absolute atomic E-state index is 0.516. The van der Waals surface area contributed by atoms with E-state index in [-0.39, 0.29) is 0 Å². The van der Waals surface area contributed by atoms with Crippen LogP contribution in [0.25, 0.3) is 22.3 Å². The summed E-state index contributed by atoms with van der Waals surface area (Å²) in [6.45, 7) is 6.29. The highest BCUT2D eigenvalue weighted by molar-refractivity contribution is 5.89. The number of fused-ring (bicyclic) bond motifs is 1. The van der Waals surface area contributed by atoms with Crippen LogP contribution in [0.3, 0.4) is 0 Å². The second-order valence-corrected chi connectivity index (χ2v) is 6.39. The topological polar surface area (TPSA) is 53.6 Å². The van der Waals surface area contributed by atoms with Gasteiger partial charge in [0, 0.05) is 11.5 Å². The average molecular weight is 306 g/mol. The van der Waals surface area contributed by atoms with Crippen LogP contribution in [0, 0.1) is 13.8 Å². The number of hydrogen-bond acceptors (Lipinski definition) is 3. The van der Waals surface area contributed by atoms with Crippen molar-refractivity contribution >= 4 is 11.0 Å². The van der Waals surface area contributed by atoms with Crippen molar-refractivity contribution in [3.63, 3.8) is 0 Å². The smallest absolute Gasteiger partial charge is 0.126 e. The standard InChI is InChI=1S/C19H22N4/c1-12-16(14-6-4-3-5-7-14)23-19-17(12)21-13(2)22-18(19)15-8-10-20-11-9-15/h3-7,15,20,23H,8-11H2,1-2H3. The summed E-state index contributed by atoms with van der Waals surface area (Å²) in [4.78, 5) is 13.1. The summed E-state index contributed by atoms with van der Waals surface area (Å²) in [5.41, 5.74) is 6.97. The van der Waals surface area contributed by atoms with E-state index in [9.17, 15) is 0 Å². The van der Waals surface area contributed by atoms with Crippen molar-refractivity contribution in [3.8, 4) is 11.3 Å². The van der Waals surface area contributed by atoms with Gasteiger partial charge < -0.3 is 10.3 Å². The van der Waals surface area contributed by atoms with Crippen LogP contribution in [0.15, 0.2) is 30.3 Å². The molecule has 0 unspecified atom stereocenters. The van der Waals surface area contributed by atoms with Gasteiger partial charge in [0.2, 0.25) is 0 Å². The van der Waals surface area contributed by atoms with E-state index in [4.69, 9.17) is 9.97 Å². The summed E-state index contributed by atoms with van der Waals surface area (Å²) in [5.74, 6) is 1.38. The van der Waals surface area contributed by atoms with Gasteiger partial charge in [0.25, 0.3) is 0 Å². The summed E-state index contributed by atoms with van der Waals surface area (Å²) < 4.78 is 0. The molecule has 1 aliphatic heterocycles. The van der Waals surface area contributed by atoms with E-state index in [2.05, 4.69) is 41.5 Å². The largest absolute Gasteiger partial charge is 0.351 e. The minimum atomic E-state index is 0.516. The molecule has 1 aliphatic rings. The molecule has 0 atom stereocenters. The molecule has 1 fully saturated rings. The number of piperidine rings is 1. The number of H-pyrrole nitrogens is 1. The molecule has 0 bridgehead atoms. The molecule has 4 rings (SSSR count). The molecule has 2 N–H and O–H groups in total. The summed E-state index contributed by atoms with van der Waals surface area (Å²) in [7, 11) is 0. The Labute approximate surface area is 136 Å². The van der Waals surface area contributed by atoms with E-state index >= 15 is 0 Å². The molecule has 0 aliphatic carbocycles. The summed E-state index contributed by atoms with van der Waals surface area (Å²) in [6.07, 6.45) is 2.29. The molecule has 3 aromatic rings. The number of nitrogens with zero attached hydrogens (tertiary/aromatic N) is 2. The third-order valence-electron chi connectivity index (χ3n) is 4.82. The van der Waals surface area contributed by atoms with E-state index in [1.165, 1.54) is 16.8 Å². The van der Waals surface area contributed by atoms with Crippen molar-refractivity contribution in [1.29, 1.82) is 0 Å². The predicted octanol–water partition coefficient (Wildman–Crippen LogP) is 3.71. The summed E-state index contributed by atoms with van der Waals surface area (Å²) in [6, 6.07) is 10.5. The van der Waals surface area contributed by atoms with E-state index in [1.54, 1.807) is 0 Å². The zero-order chi connectivity index (χ0) is 15.8. The Bertz CT molecular complexity index is 829.